The Morgan fingerprint density at radius 1 is 1.25 bits per heavy atom. The standard InChI is InChI=1S/C11H22NO3P/c1-5-11(4)12-9-8-10-16(13,14-6-2)15-7-3/h8-11H,5-7H2,1-4H3/b10-8+,12-9?. The van der Waals surface area contributed by atoms with Gasteiger partial charge in [0, 0.05) is 18.1 Å². The van der Waals surface area contributed by atoms with Crippen molar-refractivity contribution in [2.75, 3.05) is 13.2 Å². The normalized spacial score (nSPS) is 15.0. The predicted octanol–water partition coefficient (Wildman–Crippen LogP) is 3.64. The first kappa shape index (κ1) is 15.6. The maximum atomic E-state index is 11.9. The Labute approximate surface area is 98.3 Å². The Kier molecular flexibility index (Phi) is 8.44. The average Bonchev–Trinajstić information content (AvgIpc) is 2.25. The highest BCUT2D eigenvalue weighted by Crippen LogP contribution is 2.49. The SMILES string of the molecule is CCOP(=O)(/C=C/C=NC(C)CC)OCC. The second-order valence-electron chi connectivity index (χ2n) is 3.27. The van der Waals surface area contributed by atoms with Crippen molar-refractivity contribution < 1.29 is 13.6 Å². The fourth-order valence-electron chi connectivity index (χ4n) is 0.929. The third-order valence-electron chi connectivity index (χ3n) is 1.90. The van der Waals surface area contributed by atoms with Gasteiger partial charge in [-0.05, 0) is 33.3 Å². The minimum Gasteiger partial charge on any atom is -0.306 e. The second-order valence-corrected chi connectivity index (χ2v) is 5.17. The van der Waals surface area contributed by atoms with Crippen LogP contribution < -0.4 is 0 Å². The highest BCUT2D eigenvalue weighted by molar-refractivity contribution is 7.57. The fraction of sp³-hybridized carbons (Fsp3) is 0.727. The van der Waals surface area contributed by atoms with Crippen molar-refractivity contribution >= 4 is 13.8 Å². The van der Waals surface area contributed by atoms with Crippen LogP contribution in [0.1, 0.15) is 34.1 Å². The van der Waals surface area contributed by atoms with E-state index in [0.29, 0.717) is 13.2 Å². The van der Waals surface area contributed by atoms with Gasteiger partial charge in [0.2, 0.25) is 0 Å². The lowest BCUT2D eigenvalue weighted by atomic mass is 10.3. The van der Waals surface area contributed by atoms with E-state index in [1.807, 2.05) is 6.92 Å². The molecule has 0 aromatic carbocycles. The van der Waals surface area contributed by atoms with Crippen LogP contribution >= 0.6 is 7.60 Å². The van der Waals surface area contributed by atoms with Gasteiger partial charge in [-0.1, -0.05) is 6.92 Å². The summed E-state index contributed by atoms with van der Waals surface area (Å²) in [7, 11) is -3.06. The van der Waals surface area contributed by atoms with Crippen molar-refractivity contribution in [3.63, 3.8) is 0 Å². The van der Waals surface area contributed by atoms with Crippen LogP contribution in [0.2, 0.25) is 0 Å². The van der Waals surface area contributed by atoms with Gasteiger partial charge in [0.05, 0.1) is 13.2 Å². The van der Waals surface area contributed by atoms with Gasteiger partial charge in [0.15, 0.2) is 0 Å². The molecule has 1 atom stereocenters. The van der Waals surface area contributed by atoms with Crippen LogP contribution in [-0.4, -0.2) is 25.5 Å². The Morgan fingerprint density at radius 2 is 1.81 bits per heavy atom. The van der Waals surface area contributed by atoms with Crippen molar-refractivity contribution in [2.45, 2.75) is 40.2 Å². The summed E-state index contributed by atoms with van der Waals surface area (Å²) in [6, 6.07) is 0.281. The average molecular weight is 247 g/mol. The quantitative estimate of drug-likeness (QED) is 0.486. The van der Waals surface area contributed by atoms with E-state index in [0.717, 1.165) is 6.42 Å². The van der Waals surface area contributed by atoms with Gasteiger partial charge in [-0.2, -0.15) is 0 Å². The lowest BCUT2D eigenvalue weighted by Gasteiger charge is -2.11. The molecule has 0 bridgehead atoms. The summed E-state index contributed by atoms with van der Waals surface area (Å²) in [4.78, 5) is 4.22. The van der Waals surface area contributed by atoms with Gasteiger partial charge in [0.1, 0.15) is 0 Å². The molecule has 0 aliphatic heterocycles. The third-order valence-corrected chi connectivity index (χ3v) is 3.68. The van der Waals surface area contributed by atoms with Crippen molar-refractivity contribution in [3.8, 4) is 0 Å². The summed E-state index contributed by atoms with van der Waals surface area (Å²) in [5, 5.41) is 0. The maximum Gasteiger partial charge on any atom is 0.354 e. The zero-order chi connectivity index (χ0) is 12.4. The first-order valence-electron chi connectivity index (χ1n) is 5.67. The summed E-state index contributed by atoms with van der Waals surface area (Å²) < 4.78 is 22.1. The van der Waals surface area contributed by atoms with Gasteiger partial charge >= 0.3 is 7.60 Å². The fourth-order valence-corrected chi connectivity index (χ4v) is 2.18. The van der Waals surface area contributed by atoms with Crippen LogP contribution in [0.3, 0.4) is 0 Å². The van der Waals surface area contributed by atoms with Crippen molar-refractivity contribution in [3.05, 3.63) is 11.9 Å². The topological polar surface area (TPSA) is 47.9 Å². The molecule has 0 aliphatic rings. The molecule has 0 spiro atoms. The molecular weight excluding hydrogens is 225 g/mol. The van der Waals surface area contributed by atoms with Gasteiger partial charge in [0.25, 0.3) is 0 Å². The first-order chi connectivity index (χ1) is 7.58. The molecular formula is C11H22NO3P. The predicted molar refractivity (Wildman–Crippen MR) is 68.2 cm³/mol. The van der Waals surface area contributed by atoms with Crippen LogP contribution in [0.15, 0.2) is 16.9 Å². The molecule has 0 saturated heterocycles. The Balaban J connectivity index is 4.34. The highest BCUT2D eigenvalue weighted by Gasteiger charge is 2.18. The molecule has 1 unspecified atom stereocenters. The molecule has 16 heavy (non-hydrogen) atoms. The van der Waals surface area contributed by atoms with E-state index < -0.39 is 7.60 Å². The molecule has 4 nitrogen and oxygen atoms in total. The van der Waals surface area contributed by atoms with Gasteiger partial charge in [-0.3, -0.25) is 9.56 Å². The smallest absolute Gasteiger partial charge is 0.306 e. The lowest BCUT2D eigenvalue weighted by Crippen LogP contribution is -1.94. The first-order valence-corrected chi connectivity index (χ1v) is 7.29. The minimum absolute atomic E-state index is 0.281. The molecule has 94 valence electrons. The van der Waals surface area contributed by atoms with E-state index in [1.165, 1.54) is 5.82 Å². The molecule has 5 heteroatoms. The second kappa shape index (κ2) is 8.68. The van der Waals surface area contributed by atoms with E-state index in [4.69, 9.17) is 9.05 Å². The van der Waals surface area contributed by atoms with E-state index in [-0.39, 0.29) is 6.04 Å². The maximum absolute atomic E-state index is 11.9. The molecule has 0 saturated carbocycles. The summed E-state index contributed by atoms with van der Waals surface area (Å²) in [5.41, 5.74) is 0. The zero-order valence-electron chi connectivity index (χ0n) is 10.5. The van der Waals surface area contributed by atoms with Gasteiger partial charge in [-0.15, -0.1) is 0 Å². The van der Waals surface area contributed by atoms with Gasteiger partial charge < -0.3 is 9.05 Å². The molecule has 0 heterocycles. The Bertz CT molecular complexity index is 266. The molecule has 0 aliphatic carbocycles. The third kappa shape index (κ3) is 6.94. The van der Waals surface area contributed by atoms with Gasteiger partial charge in [-0.25, -0.2) is 0 Å². The van der Waals surface area contributed by atoms with Crippen molar-refractivity contribution in [1.82, 2.24) is 0 Å². The van der Waals surface area contributed by atoms with Crippen molar-refractivity contribution in [1.29, 1.82) is 0 Å². The lowest BCUT2D eigenvalue weighted by molar-refractivity contribution is 0.229. The van der Waals surface area contributed by atoms with Crippen LogP contribution in [-0.2, 0) is 13.6 Å². The highest BCUT2D eigenvalue weighted by atomic mass is 31.2. The number of hydrogen-bond donors (Lipinski definition) is 0. The number of allylic oxidation sites excluding steroid dienone is 1. The monoisotopic (exact) mass is 247 g/mol. The molecule has 0 aromatic rings. The minimum atomic E-state index is -3.06. The zero-order valence-corrected chi connectivity index (χ0v) is 11.4. The number of hydrogen-bond acceptors (Lipinski definition) is 4. The summed E-state index contributed by atoms with van der Waals surface area (Å²) in [5.74, 6) is 1.45. The molecule has 0 aromatic heterocycles. The molecule has 0 rings (SSSR count). The van der Waals surface area contributed by atoms with Crippen LogP contribution in [0.4, 0.5) is 0 Å². The largest absolute Gasteiger partial charge is 0.354 e. The van der Waals surface area contributed by atoms with Crippen molar-refractivity contribution in [2.24, 2.45) is 4.99 Å². The van der Waals surface area contributed by atoms with E-state index in [9.17, 15) is 4.57 Å². The Morgan fingerprint density at radius 3 is 2.25 bits per heavy atom. The summed E-state index contributed by atoms with van der Waals surface area (Å²) in [6.45, 7) is 8.39. The summed E-state index contributed by atoms with van der Waals surface area (Å²) >= 11 is 0. The number of rotatable bonds is 8. The molecule has 0 N–H and O–H groups in total. The Hall–Kier alpha value is -0.440. The molecule has 0 amide bonds. The summed E-state index contributed by atoms with van der Waals surface area (Å²) in [6.07, 6.45) is 4.25. The number of aliphatic imine (C=N–C) groups is 1. The van der Waals surface area contributed by atoms with E-state index >= 15 is 0 Å². The van der Waals surface area contributed by atoms with Crippen LogP contribution in [0.25, 0.3) is 0 Å². The number of nitrogens with zero attached hydrogens (tertiary/aromatic N) is 1. The van der Waals surface area contributed by atoms with Crippen LogP contribution in [0.5, 0.6) is 0 Å². The van der Waals surface area contributed by atoms with Crippen LogP contribution in [0, 0.1) is 0 Å². The molecule has 0 radical (unpaired) electrons. The molecule has 0 fully saturated rings. The van der Waals surface area contributed by atoms with E-state index in [2.05, 4.69) is 11.9 Å². The van der Waals surface area contributed by atoms with E-state index in [1.54, 1.807) is 26.1 Å².